The first kappa shape index (κ1) is 9.96. The van der Waals surface area contributed by atoms with Crippen molar-refractivity contribution in [2.24, 2.45) is 5.73 Å². The normalized spacial score (nSPS) is 32.2. The highest BCUT2D eigenvalue weighted by Gasteiger charge is 2.27. The van der Waals surface area contributed by atoms with E-state index in [9.17, 15) is 0 Å². The summed E-state index contributed by atoms with van der Waals surface area (Å²) in [6.07, 6.45) is 3.08. The first-order chi connectivity index (χ1) is 5.77. The fraction of sp³-hybridized carbons (Fsp3) is 1.00. The van der Waals surface area contributed by atoms with Gasteiger partial charge in [-0.2, -0.15) is 0 Å². The maximum absolute atomic E-state index is 5.72. The van der Waals surface area contributed by atoms with E-state index in [-0.39, 0.29) is 0 Å². The Balaban J connectivity index is 2.33. The number of rotatable bonds is 4. The molecule has 1 heterocycles. The van der Waals surface area contributed by atoms with Crippen molar-refractivity contribution in [2.75, 3.05) is 13.1 Å². The van der Waals surface area contributed by atoms with E-state index >= 15 is 0 Å². The van der Waals surface area contributed by atoms with E-state index in [1.807, 2.05) is 0 Å². The van der Waals surface area contributed by atoms with E-state index < -0.39 is 0 Å². The minimum absolute atomic E-state index is 0.338. The molecular weight excluding hydrogens is 152 g/mol. The van der Waals surface area contributed by atoms with E-state index in [1.54, 1.807) is 0 Å². The predicted octanol–water partition coefficient (Wildman–Crippen LogP) is 0.491. The van der Waals surface area contributed by atoms with Crippen molar-refractivity contribution in [1.82, 2.24) is 5.32 Å². The van der Waals surface area contributed by atoms with Gasteiger partial charge < -0.3 is 15.8 Å². The maximum Gasteiger partial charge on any atom is 0.0744 e. The summed E-state index contributed by atoms with van der Waals surface area (Å²) in [5.74, 6) is 0. The molecule has 3 nitrogen and oxygen atoms in total. The third kappa shape index (κ3) is 2.44. The van der Waals surface area contributed by atoms with Crippen molar-refractivity contribution in [3.05, 3.63) is 0 Å². The average molecular weight is 172 g/mol. The Bertz CT molecular complexity index is 128. The van der Waals surface area contributed by atoms with Gasteiger partial charge in [-0.1, -0.05) is 6.92 Å². The minimum Gasteiger partial charge on any atom is -0.374 e. The smallest absolute Gasteiger partial charge is 0.0744 e. The summed E-state index contributed by atoms with van der Waals surface area (Å²) in [6, 6.07) is 0.347. The van der Waals surface area contributed by atoms with Gasteiger partial charge in [-0.15, -0.1) is 0 Å². The number of nitrogens with one attached hydrogen (secondary N) is 1. The lowest BCUT2D eigenvalue weighted by atomic mass is 10.1. The Morgan fingerprint density at radius 2 is 2.33 bits per heavy atom. The van der Waals surface area contributed by atoms with Gasteiger partial charge in [-0.3, -0.25) is 0 Å². The molecule has 3 unspecified atom stereocenters. The Kier molecular flexibility index (Phi) is 3.98. The summed E-state index contributed by atoms with van der Waals surface area (Å²) in [5.41, 5.74) is 5.64. The molecular formula is C9H20N2O. The molecule has 1 fully saturated rings. The van der Waals surface area contributed by atoms with E-state index in [2.05, 4.69) is 19.2 Å². The first-order valence-electron chi connectivity index (χ1n) is 4.86. The van der Waals surface area contributed by atoms with E-state index in [0.29, 0.717) is 24.8 Å². The van der Waals surface area contributed by atoms with E-state index in [1.165, 1.54) is 6.42 Å². The van der Waals surface area contributed by atoms with Crippen LogP contribution in [0.2, 0.25) is 0 Å². The van der Waals surface area contributed by atoms with Gasteiger partial charge in [0, 0.05) is 12.6 Å². The molecule has 12 heavy (non-hydrogen) atoms. The van der Waals surface area contributed by atoms with Gasteiger partial charge in [0.25, 0.3) is 0 Å². The zero-order valence-corrected chi connectivity index (χ0v) is 8.05. The monoisotopic (exact) mass is 172 g/mol. The van der Waals surface area contributed by atoms with Gasteiger partial charge >= 0.3 is 0 Å². The Labute approximate surface area is 74.7 Å². The first-order valence-corrected chi connectivity index (χ1v) is 4.86. The molecule has 0 radical (unpaired) electrons. The predicted molar refractivity (Wildman–Crippen MR) is 50.1 cm³/mol. The van der Waals surface area contributed by atoms with Crippen LogP contribution in [0, 0.1) is 0 Å². The molecule has 0 aliphatic carbocycles. The number of nitrogens with two attached hydrogens (primary N) is 1. The molecule has 3 atom stereocenters. The van der Waals surface area contributed by atoms with Gasteiger partial charge in [0.1, 0.15) is 0 Å². The van der Waals surface area contributed by atoms with Crippen molar-refractivity contribution in [1.29, 1.82) is 0 Å². The highest BCUT2D eigenvalue weighted by atomic mass is 16.5. The van der Waals surface area contributed by atoms with Crippen molar-refractivity contribution in [3.8, 4) is 0 Å². The quantitative estimate of drug-likeness (QED) is 0.649. The van der Waals surface area contributed by atoms with Crippen LogP contribution in [0.1, 0.15) is 26.7 Å². The standard InChI is InChI=1S/C9H20N2O/c1-3-11-8(6-10)9-5-4-7(2)12-9/h7-9,11H,3-6,10H2,1-2H3. The van der Waals surface area contributed by atoms with E-state index in [4.69, 9.17) is 10.5 Å². The fourth-order valence-electron chi connectivity index (χ4n) is 1.76. The molecule has 0 aromatic carbocycles. The third-order valence-corrected chi connectivity index (χ3v) is 2.43. The minimum atomic E-state index is 0.338. The lowest BCUT2D eigenvalue weighted by Gasteiger charge is -2.22. The summed E-state index contributed by atoms with van der Waals surface area (Å²) in [4.78, 5) is 0. The van der Waals surface area contributed by atoms with Crippen LogP contribution in [0.4, 0.5) is 0 Å². The summed E-state index contributed by atoms with van der Waals surface area (Å²) in [5, 5.41) is 3.34. The zero-order chi connectivity index (χ0) is 8.97. The SMILES string of the molecule is CCNC(CN)C1CCC(C)O1. The molecule has 72 valence electrons. The molecule has 1 rings (SSSR count). The highest BCUT2D eigenvalue weighted by Crippen LogP contribution is 2.21. The third-order valence-electron chi connectivity index (χ3n) is 2.43. The number of likely N-dealkylation sites (N-methyl/N-ethyl adjacent to an activating group) is 1. The topological polar surface area (TPSA) is 47.3 Å². The van der Waals surface area contributed by atoms with Crippen LogP contribution in [0.25, 0.3) is 0 Å². The fourth-order valence-corrected chi connectivity index (χ4v) is 1.76. The van der Waals surface area contributed by atoms with Crippen LogP contribution < -0.4 is 11.1 Å². The Morgan fingerprint density at radius 1 is 1.58 bits per heavy atom. The molecule has 0 spiro atoms. The lowest BCUT2D eigenvalue weighted by Crippen LogP contribution is -2.45. The highest BCUT2D eigenvalue weighted by molar-refractivity contribution is 4.83. The van der Waals surface area contributed by atoms with Crippen LogP contribution >= 0.6 is 0 Å². The van der Waals surface area contributed by atoms with Gasteiger partial charge in [0.05, 0.1) is 12.2 Å². The number of hydrogen-bond acceptors (Lipinski definition) is 3. The van der Waals surface area contributed by atoms with Gasteiger partial charge in [0.2, 0.25) is 0 Å². The second-order valence-electron chi connectivity index (χ2n) is 3.46. The zero-order valence-electron chi connectivity index (χ0n) is 8.05. The Hall–Kier alpha value is -0.120. The van der Waals surface area contributed by atoms with E-state index in [0.717, 1.165) is 13.0 Å². The summed E-state index contributed by atoms with van der Waals surface area (Å²) >= 11 is 0. The summed E-state index contributed by atoms with van der Waals surface area (Å²) in [6.45, 7) is 5.86. The largest absolute Gasteiger partial charge is 0.374 e. The summed E-state index contributed by atoms with van der Waals surface area (Å²) in [7, 11) is 0. The molecule has 1 saturated heterocycles. The van der Waals surface area contributed by atoms with Crippen LogP contribution in [-0.2, 0) is 4.74 Å². The van der Waals surface area contributed by atoms with Gasteiger partial charge in [0.15, 0.2) is 0 Å². The molecule has 3 heteroatoms. The van der Waals surface area contributed by atoms with Gasteiger partial charge in [-0.25, -0.2) is 0 Å². The van der Waals surface area contributed by atoms with Crippen LogP contribution in [0.3, 0.4) is 0 Å². The molecule has 0 aromatic heterocycles. The van der Waals surface area contributed by atoms with Crippen molar-refractivity contribution in [2.45, 2.75) is 44.9 Å². The van der Waals surface area contributed by atoms with Crippen LogP contribution in [0.5, 0.6) is 0 Å². The van der Waals surface area contributed by atoms with Crippen molar-refractivity contribution in [3.63, 3.8) is 0 Å². The molecule has 0 amide bonds. The molecule has 0 aromatic rings. The molecule has 0 bridgehead atoms. The number of ether oxygens (including phenoxy) is 1. The average Bonchev–Trinajstić information content (AvgIpc) is 2.47. The maximum atomic E-state index is 5.72. The van der Waals surface area contributed by atoms with Crippen LogP contribution in [0.15, 0.2) is 0 Å². The summed E-state index contributed by atoms with van der Waals surface area (Å²) < 4.78 is 5.72. The Morgan fingerprint density at radius 3 is 2.75 bits per heavy atom. The number of hydrogen-bond donors (Lipinski definition) is 2. The van der Waals surface area contributed by atoms with Crippen LogP contribution in [-0.4, -0.2) is 31.3 Å². The lowest BCUT2D eigenvalue weighted by molar-refractivity contribution is 0.0343. The van der Waals surface area contributed by atoms with Gasteiger partial charge in [-0.05, 0) is 26.3 Å². The van der Waals surface area contributed by atoms with Crippen molar-refractivity contribution >= 4 is 0 Å². The molecule has 1 aliphatic heterocycles. The molecule has 3 N–H and O–H groups in total. The molecule has 1 aliphatic rings. The molecule has 0 saturated carbocycles. The van der Waals surface area contributed by atoms with Crippen molar-refractivity contribution < 1.29 is 4.74 Å². The second-order valence-corrected chi connectivity index (χ2v) is 3.46. The second kappa shape index (κ2) is 4.80.